The highest BCUT2D eigenvalue weighted by atomic mass is 14.7. The normalized spacial score (nSPS) is 16.1. The van der Waals surface area contributed by atoms with Crippen LogP contribution in [0.1, 0.15) is 42.7 Å². The topological polar surface area (TPSA) is 12.9 Å². The molecule has 0 amide bonds. The van der Waals surface area contributed by atoms with Crippen LogP contribution < -0.4 is 0 Å². The van der Waals surface area contributed by atoms with E-state index in [4.69, 9.17) is 0 Å². The summed E-state index contributed by atoms with van der Waals surface area (Å²) in [6.07, 6.45) is 7.49. The minimum atomic E-state index is 0.760. The van der Waals surface area contributed by atoms with Gasteiger partial charge in [0, 0.05) is 11.8 Å². The Morgan fingerprint density at radius 3 is 2.50 bits per heavy atom. The van der Waals surface area contributed by atoms with Crippen molar-refractivity contribution in [3.05, 3.63) is 53.7 Å². The standard InChI is InChI=1S/C17H19N/c1-13-12-18-17(15-9-3-2-4-10-15)11-16(13)14-7-5-6-8-14/h2-4,9-12,14H,5-8H2,1H3. The molecule has 1 fully saturated rings. The highest BCUT2D eigenvalue weighted by Crippen LogP contribution is 2.36. The van der Waals surface area contributed by atoms with E-state index in [9.17, 15) is 0 Å². The molecule has 3 rings (SSSR count). The fraction of sp³-hybridized carbons (Fsp3) is 0.353. The Labute approximate surface area is 109 Å². The number of nitrogens with zero attached hydrogens (tertiary/aromatic N) is 1. The molecule has 0 radical (unpaired) electrons. The zero-order valence-electron chi connectivity index (χ0n) is 10.9. The summed E-state index contributed by atoms with van der Waals surface area (Å²) in [7, 11) is 0. The molecule has 1 aliphatic rings. The Hall–Kier alpha value is -1.63. The van der Waals surface area contributed by atoms with Crippen LogP contribution in [0.25, 0.3) is 11.3 Å². The summed E-state index contributed by atoms with van der Waals surface area (Å²) in [6, 6.07) is 12.8. The average molecular weight is 237 g/mol. The van der Waals surface area contributed by atoms with Crippen molar-refractivity contribution in [3.63, 3.8) is 0 Å². The van der Waals surface area contributed by atoms with Crippen molar-refractivity contribution in [1.29, 1.82) is 0 Å². The summed E-state index contributed by atoms with van der Waals surface area (Å²) in [4.78, 5) is 4.58. The van der Waals surface area contributed by atoms with Crippen molar-refractivity contribution in [2.75, 3.05) is 0 Å². The number of rotatable bonds is 2. The molecule has 18 heavy (non-hydrogen) atoms. The zero-order valence-corrected chi connectivity index (χ0v) is 10.9. The van der Waals surface area contributed by atoms with Crippen molar-refractivity contribution in [3.8, 4) is 11.3 Å². The molecule has 0 N–H and O–H groups in total. The van der Waals surface area contributed by atoms with Crippen LogP contribution in [-0.4, -0.2) is 4.98 Å². The Balaban J connectivity index is 2.00. The van der Waals surface area contributed by atoms with Gasteiger partial charge >= 0.3 is 0 Å². The fourth-order valence-electron chi connectivity index (χ4n) is 2.98. The van der Waals surface area contributed by atoms with Crippen LogP contribution in [-0.2, 0) is 0 Å². The maximum absolute atomic E-state index is 4.58. The van der Waals surface area contributed by atoms with Crippen molar-refractivity contribution < 1.29 is 0 Å². The van der Waals surface area contributed by atoms with E-state index in [2.05, 4.69) is 48.3 Å². The highest BCUT2D eigenvalue weighted by molar-refractivity contribution is 5.60. The Bertz CT molecular complexity index is 525. The van der Waals surface area contributed by atoms with Gasteiger partial charge in [0.25, 0.3) is 0 Å². The van der Waals surface area contributed by atoms with Crippen LogP contribution in [0.3, 0.4) is 0 Å². The lowest BCUT2D eigenvalue weighted by atomic mass is 9.93. The number of pyridine rings is 1. The zero-order chi connectivity index (χ0) is 12.4. The second-order valence-corrected chi connectivity index (χ2v) is 5.27. The lowest BCUT2D eigenvalue weighted by Gasteiger charge is -2.14. The number of aromatic nitrogens is 1. The molecule has 92 valence electrons. The third-order valence-electron chi connectivity index (χ3n) is 4.01. The first-order valence-electron chi connectivity index (χ1n) is 6.86. The predicted octanol–water partition coefficient (Wildman–Crippen LogP) is 4.71. The number of hydrogen-bond donors (Lipinski definition) is 0. The van der Waals surface area contributed by atoms with E-state index in [-0.39, 0.29) is 0 Å². The lowest BCUT2D eigenvalue weighted by Crippen LogP contribution is -1.98. The van der Waals surface area contributed by atoms with E-state index in [0.717, 1.165) is 11.6 Å². The lowest BCUT2D eigenvalue weighted by molar-refractivity contribution is 0.716. The minimum Gasteiger partial charge on any atom is -0.256 e. The molecule has 0 saturated heterocycles. The molecule has 0 atom stereocenters. The second-order valence-electron chi connectivity index (χ2n) is 5.27. The van der Waals surface area contributed by atoms with Crippen molar-refractivity contribution >= 4 is 0 Å². The van der Waals surface area contributed by atoms with Gasteiger partial charge in [0.05, 0.1) is 5.69 Å². The Morgan fingerprint density at radius 1 is 1.06 bits per heavy atom. The van der Waals surface area contributed by atoms with Gasteiger partial charge in [-0.3, -0.25) is 4.98 Å². The molecule has 1 heterocycles. The number of aryl methyl sites for hydroxylation is 1. The van der Waals surface area contributed by atoms with Gasteiger partial charge in [0.2, 0.25) is 0 Å². The summed E-state index contributed by atoms with van der Waals surface area (Å²) in [5, 5.41) is 0. The van der Waals surface area contributed by atoms with Gasteiger partial charge in [-0.25, -0.2) is 0 Å². The van der Waals surface area contributed by atoms with Crippen LogP contribution >= 0.6 is 0 Å². The minimum absolute atomic E-state index is 0.760. The third-order valence-corrected chi connectivity index (χ3v) is 4.01. The molecular formula is C17H19N. The molecule has 1 nitrogen and oxygen atoms in total. The molecule has 0 aliphatic heterocycles. The van der Waals surface area contributed by atoms with Gasteiger partial charge in [0.1, 0.15) is 0 Å². The highest BCUT2D eigenvalue weighted by Gasteiger charge is 2.19. The van der Waals surface area contributed by atoms with Crippen LogP contribution in [0.15, 0.2) is 42.6 Å². The molecular weight excluding hydrogens is 218 g/mol. The van der Waals surface area contributed by atoms with E-state index < -0.39 is 0 Å². The van der Waals surface area contributed by atoms with Gasteiger partial charge in [-0.1, -0.05) is 43.2 Å². The van der Waals surface area contributed by atoms with E-state index in [1.54, 1.807) is 0 Å². The van der Waals surface area contributed by atoms with Gasteiger partial charge in [-0.05, 0) is 42.9 Å². The third kappa shape index (κ3) is 2.17. The first-order chi connectivity index (χ1) is 8.84. The maximum atomic E-state index is 4.58. The van der Waals surface area contributed by atoms with Crippen LogP contribution in [0.4, 0.5) is 0 Å². The van der Waals surface area contributed by atoms with Crippen molar-refractivity contribution in [1.82, 2.24) is 4.98 Å². The maximum Gasteiger partial charge on any atom is 0.0705 e. The van der Waals surface area contributed by atoms with E-state index in [0.29, 0.717) is 0 Å². The quantitative estimate of drug-likeness (QED) is 0.736. The summed E-state index contributed by atoms with van der Waals surface area (Å²) < 4.78 is 0. The second kappa shape index (κ2) is 4.93. The molecule has 1 aliphatic carbocycles. The molecule has 1 aromatic carbocycles. The average Bonchev–Trinajstić information content (AvgIpc) is 2.94. The summed E-state index contributed by atoms with van der Waals surface area (Å²) >= 11 is 0. The van der Waals surface area contributed by atoms with Crippen LogP contribution in [0, 0.1) is 6.92 Å². The molecule has 0 unspecified atom stereocenters. The summed E-state index contributed by atoms with van der Waals surface area (Å²) in [5.41, 5.74) is 5.20. The largest absolute Gasteiger partial charge is 0.256 e. The number of benzene rings is 1. The van der Waals surface area contributed by atoms with Crippen molar-refractivity contribution in [2.24, 2.45) is 0 Å². The first-order valence-corrected chi connectivity index (χ1v) is 6.86. The molecule has 1 aromatic heterocycles. The van der Waals surface area contributed by atoms with Gasteiger partial charge in [0.15, 0.2) is 0 Å². The van der Waals surface area contributed by atoms with Gasteiger partial charge in [-0.15, -0.1) is 0 Å². The van der Waals surface area contributed by atoms with Crippen molar-refractivity contribution in [2.45, 2.75) is 38.5 Å². The number of hydrogen-bond acceptors (Lipinski definition) is 1. The monoisotopic (exact) mass is 237 g/mol. The van der Waals surface area contributed by atoms with Gasteiger partial charge in [-0.2, -0.15) is 0 Å². The first kappa shape index (κ1) is 11.5. The molecule has 1 heteroatoms. The van der Waals surface area contributed by atoms with Gasteiger partial charge < -0.3 is 0 Å². The van der Waals surface area contributed by atoms with Crippen LogP contribution in [0.2, 0.25) is 0 Å². The van der Waals surface area contributed by atoms with Crippen LogP contribution in [0.5, 0.6) is 0 Å². The summed E-state index contributed by atoms with van der Waals surface area (Å²) in [5.74, 6) is 0.760. The Kier molecular flexibility index (Phi) is 3.14. The smallest absolute Gasteiger partial charge is 0.0705 e. The summed E-state index contributed by atoms with van der Waals surface area (Å²) in [6.45, 7) is 2.19. The van der Waals surface area contributed by atoms with E-state index in [1.165, 1.54) is 42.4 Å². The molecule has 0 bridgehead atoms. The van der Waals surface area contributed by atoms with E-state index >= 15 is 0 Å². The fourth-order valence-corrected chi connectivity index (χ4v) is 2.98. The SMILES string of the molecule is Cc1cnc(-c2ccccc2)cc1C1CCCC1. The van der Waals surface area contributed by atoms with E-state index in [1.807, 2.05) is 6.20 Å². The Morgan fingerprint density at radius 2 is 1.78 bits per heavy atom. The molecule has 1 saturated carbocycles. The molecule has 0 spiro atoms. The molecule has 2 aromatic rings. The predicted molar refractivity (Wildman–Crippen MR) is 75.6 cm³/mol.